The SMILES string of the molecule is CCCCCCCCCC(=O)OCCC(=O)O. The monoisotopic (exact) mass is 244 g/mol. The Morgan fingerprint density at radius 3 is 2.12 bits per heavy atom. The first-order chi connectivity index (χ1) is 8.16. The predicted octanol–water partition coefficient (Wildman–Crippen LogP) is 3.15. The van der Waals surface area contributed by atoms with Crippen molar-refractivity contribution >= 4 is 11.9 Å². The number of carbonyl (C=O) groups is 2. The molecule has 0 atom stereocenters. The van der Waals surface area contributed by atoms with E-state index < -0.39 is 5.97 Å². The van der Waals surface area contributed by atoms with Gasteiger partial charge >= 0.3 is 11.9 Å². The van der Waals surface area contributed by atoms with Crippen LogP contribution in [0.3, 0.4) is 0 Å². The first-order valence-corrected chi connectivity index (χ1v) is 6.54. The third kappa shape index (κ3) is 12.9. The molecule has 0 unspecified atom stereocenters. The average Bonchev–Trinajstić information content (AvgIpc) is 2.27. The molecule has 1 N–H and O–H groups in total. The van der Waals surface area contributed by atoms with Gasteiger partial charge in [0.1, 0.15) is 6.61 Å². The standard InChI is InChI=1S/C13H24O4/c1-2-3-4-5-6-7-8-9-13(16)17-11-10-12(14)15/h2-11H2,1H3,(H,14,15). The van der Waals surface area contributed by atoms with Crippen LogP contribution in [0.2, 0.25) is 0 Å². The maximum atomic E-state index is 11.1. The number of ether oxygens (including phenoxy) is 1. The van der Waals surface area contributed by atoms with Crippen LogP contribution in [0.4, 0.5) is 0 Å². The van der Waals surface area contributed by atoms with E-state index in [2.05, 4.69) is 6.92 Å². The zero-order chi connectivity index (χ0) is 12.9. The Bertz CT molecular complexity index is 213. The molecule has 0 aliphatic carbocycles. The molecular formula is C13H24O4. The van der Waals surface area contributed by atoms with Gasteiger partial charge in [0.05, 0.1) is 6.42 Å². The van der Waals surface area contributed by atoms with Gasteiger partial charge in [-0.25, -0.2) is 0 Å². The molecule has 0 aliphatic rings. The number of aliphatic carboxylic acids is 1. The third-order valence-corrected chi connectivity index (χ3v) is 2.56. The van der Waals surface area contributed by atoms with Crippen molar-refractivity contribution in [1.29, 1.82) is 0 Å². The maximum Gasteiger partial charge on any atom is 0.306 e. The van der Waals surface area contributed by atoms with Gasteiger partial charge in [-0.1, -0.05) is 45.4 Å². The Labute approximate surface area is 103 Å². The predicted molar refractivity (Wildman–Crippen MR) is 65.8 cm³/mol. The van der Waals surface area contributed by atoms with Crippen LogP contribution in [-0.4, -0.2) is 23.7 Å². The molecule has 0 saturated heterocycles. The molecule has 0 rings (SSSR count). The number of esters is 1. The molecule has 0 spiro atoms. The van der Waals surface area contributed by atoms with Gasteiger partial charge in [-0.05, 0) is 6.42 Å². The van der Waals surface area contributed by atoms with E-state index in [4.69, 9.17) is 9.84 Å². The number of unbranched alkanes of at least 4 members (excludes halogenated alkanes) is 6. The van der Waals surface area contributed by atoms with Gasteiger partial charge in [-0.3, -0.25) is 9.59 Å². The summed E-state index contributed by atoms with van der Waals surface area (Å²) in [6.07, 6.45) is 8.42. The zero-order valence-corrected chi connectivity index (χ0v) is 10.7. The summed E-state index contributed by atoms with van der Waals surface area (Å²) >= 11 is 0. The van der Waals surface area contributed by atoms with Crippen LogP contribution < -0.4 is 0 Å². The normalized spacial score (nSPS) is 10.2. The summed E-state index contributed by atoms with van der Waals surface area (Å²) in [7, 11) is 0. The van der Waals surface area contributed by atoms with Gasteiger partial charge in [0, 0.05) is 6.42 Å². The second kappa shape index (κ2) is 11.4. The summed E-state index contributed by atoms with van der Waals surface area (Å²) in [4.78, 5) is 21.3. The van der Waals surface area contributed by atoms with Crippen molar-refractivity contribution < 1.29 is 19.4 Å². The van der Waals surface area contributed by atoms with E-state index in [1.807, 2.05) is 0 Å². The van der Waals surface area contributed by atoms with Crippen LogP contribution in [0.5, 0.6) is 0 Å². The minimum absolute atomic E-state index is 0.00926. The molecule has 100 valence electrons. The number of hydrogen-bond acceptors (Lipinski definition) is 3. The van der Waals surface area contributed by atoms with E-state index in [0.717, 1.165) is 12.8 Å². The Morgan fingerprint density at radius 1 is 0.941 bits per heavy atom. The topological polar surface area (TPSA) is 63.6 Å². The molecule has 0 radical (unpaired) electrons. The Kier molecular flexibility index (Phi) is 10.7. The van der Waals surface area contributed by atoms with E-state index in [1.54, 1.807) is 0 Å². The van der Waals surface area contributed by atoms with Crippen molar-refractivity contribution in [2.24, 2.45) is 0 Å². The Balaban J connectivity index is 3.19. The molecule has 0 aromatic carbocycles. The lowest BCUT2D eigenvalue weighted by Crippen LogP contribution is -2.08. The van der Waals surface area contributed by atoms with Crippen molar-refractivity contribution in [2.45, 2.75) is 64.7 Å². The van der Waals surface area contributed by atoms with Crippen LogP contribution in [0.25, 0.3) is 0 Å². The number of carboxylic acid groups (broad SMARTS) is 1. The quantitative estimate of drug-likeness (QED) is 0.448. The highest BCUT2D eigenvalue weighted by molar-refractivity contribution is 5.70. The van der Waals surface area contributed by atoms with E-state index in [9.17, 15) is 9.59 Å². The fraction of sp³-hybridized carbons (Fsp3) is 0.846. The molecule has 17 heavy (non-hydrogen) atoms. The van der Waals surface area contributed by atoms with Crippen molar-refractivity contribution in [2.75, 3.05) is 6.61 Å². The second-order valence-corrected chi connectivity index (χ2v) is 4.24. The molecule has 0 bridgehead atoms. The first-order valence-electron chi connectivity index (χ1n) is 6.54. The molecule has 0 amide bonds. The molecule has 0 fully saturated rings. The minimum Gasteiger partial charge on any atom is -0.481 e. The van der Waals surface area contributed by atoms with Crippen molar-refractivity contribution in [1.82, 2.24) is 0 Å². The zero-order valence-electron chi connectivity index (χ0n) is 10.7. The van der Waals surface area contributed by atoms with E-state index >= 15 is 0 Å². The minimum atomic E-state index is -0.936. The van der Waals surface area contributed by atoms with E-state index in [0.29, 0.717) is 6.42 Å². The fourth-order valence-electron chi connectivity index (χ4n) is 1.55. The van der Waals surface area contributed by atoms with Gasteiger partial charge in [0.15, 0.2) is 0 Å². The molecular weight excluding hydrogens is 220 g/mol. The Hall–Kier alpha value is -1.06. The Morgan fingerprint density at radius 2 is 1.53 bits per heavy atom. The lowest BCUT2D eigenvalue weighted by Gasteiger charge is -2.03. The van der Waals surface area contributed by atoms with Gasteiger partial charge in [-0.15, -0.1) is 0 Å². The summed E-state index contributed by atoms with van der Waals surface area (Å²) in [5.74, 6) is -1.21. The van der Waals surface area contributed by atoms with Gasteiger partial charge in [0.25, 0.3) is 0 Å². The van der Waals surface area contributed by atoms with E-state index in [-0.39, 0.29) is 19.0 Å². The van der Waals surface area contributed by atoms with Gasteiger partial charge < -0.3 is 9.84 Å². The summed E-state index contributed by atoms with van der Waals surface area (Å²) < 4.78 is 4.78. The highest BCUT2D eigenvalue weighted by Gasteiger charge is 2.04. The molecule has 4 heteroatoms. The van der Waals surface area contributed by atoms with Gasteiger partial charge in [0.2, 0.25) is 0 Å². The largest absolute Gasteiger partial charge is 0.481 e. The number of carboxylic acids is 1. The van der Waals surface area contributed by atoms with Crippen LogP contribution >= 0.6 is 0 Å². The number of rotatable bonds is 11. The van der Waals surface area contributed by atoms with Gasteiger partial charge in [-0.2, -0.15) is 0 Å². The van der Waals surface area contributed by atoms with Crippen LogP contribution in [0.15, 0.2) is 0 Å². The summed E-state index contributed by atoms with van der Waals surface area (Å²) in [6, 6.07) is 0. The molecule has 0 aliphatic heterocycles. The average molecular weight is 244 g/mol. The van der Waals surface area contributed by atoms with Crippen LogP contribution in [-0.2, 0) is 14.3 Å². The summed E-state index contributed by atoms with van der Waals surface area (Å²) in [6.45, 7) is 2.18. The van der Waals surface area contributed by atoms with Crippen molar-refractivity contribution in [3.63, 3.8) is 0 Å². The first kappa shape index (κ1) is 15.9. The smallest absolute Gasteiger partial charge is 0.306 e. The van der Waals surface area contributed by atoms with E-state index in [1.165, 1.54) is 32.1 Å². The van der Waals surface area contributed by atoms with Crippen LogP contribution in [0.1, 0.15) is 64.7 Å². The van der Waals surface area contributed by atoms with Crippen LogP contribution in [0, 0.1) is 0 Å². The maximum absolute atomic E-state index is 11.1. The molecule has 4 nitrogen and oxygen atoms in total. The van der Waals surface area contributed by atoms with Crippen molar-refractivity contribution in [3.05, 3.63) is 0 Å². The lowest BCUT2D eigenvalue weighted by molar-refractivity contribution is -0.146. The second-order valence-electron chi connectivity index (χ2n) is 4.24. The molecule has 0 aromatic rings. The molecule has 0 aromatic heterocycles. The molecule has 0 heterocycles. The third-order valence-electron chi connectivity index (χ3n) is 2.56. The molecule has 0 saturated carbocycles. The highest BCUT2D eigenvalue weighted by Crippen LogP contribution is 2.08. The summed E-state index contributed by atoms with van der Waals surface area (Å²) in [5, 5.41) is 8.35. The number of hydrogen-bond donors (Lipinski definition) is 1. The highest BCUT2D eigenvalue weighted by atomic mass is 16.5. The van der Waals surface area contributed by atoms with Crippen molar-refractivity contribution in [3.8, 4) is 0 Å². The summed E-state index contributed by atoms with van der Waals surface area (Å²) in [5.41, 5.74) is 0. The lowest BCUT2D eigenvalue weighted by atomic mass is 10.1. The number of carbonyl (C=O) groups excluding carboxylic acids is 1. The fourth-order valence-corrected chi connectivity index (χ4v) is 1.55.